The molecule has 1 N–H and O–H groups in total. The molecular formula is C13H15NO3S2. The van der Waals surface area contributed by atoms with Crippen molar-refractivity contribution in [2.24, 2.45) is 0 Å². The predicted molar refractivity (Wildman–Crippen MR) is 77.5 cm³/mol. The summed E-state index contributed by atoms with van der Waals surface area (Å²) in [5.74, 6) is -0.961. The van der Waals surface area contributed by atoms with E-state index in [-0.39, 0.29) is 5.78 Å². The zero-order valence-electron chi connectivity index (χ0n) is 11.0. The number of fused-ring (bicyclic) bond motifs is 1. The molecule has 2 rings (SSSR count). The summed E-state index contributed by atoms with van der Waals surface area (Å²) >= 11 is 2.65. The molecule has 0 saturated carbocycles. The number of hydrogen-bond acceptors (Lipinski definition) is 5. The third-order valence-electron chi connectivity index (χ3n) is 2.93. The Labute approximate surface area is 120 Å². The van der Waals surface area contributed by atoms with E-state index >= 15 is 0 Å². The van der Waals surface area contributed by atoms with Gasteiger partial charge in [0.1, 0.15) is 4.88 Å². The van der Waals surface area contributed by atoms with Gasteiger partial charge in [0, 0.05) is 25.9 Å². The molecule has 4 nitrogen and oxygen atoms in total. The molecule has 102 valence electrons. The molecular weight excluding hydrogens is 282 g/mol. The van der Waals surface area contributed by atoms with Crippen LogP contribution in [0.2, 0.25) is 0 Å². The van der Waals surface area contributed by atoms with Gasteiger partial charge in [-0.2, -0.15) is 0 Å². The molecule has 0 amide bonds. The molecule has 0 unspecified atom stereocenters. The van der Waals surface area contributed by atoms with E-state index < -0.39 is 5.97 Å². The summed E-state index contributed by atoms with van der Waals surface area (Å²) in [7, 11) is 3.75. The van der Waals surface area contributed by atoms with Crippen molar-refractivity contribution in [3.63, 3.8) is 0 Å². The van der Waals surface area contributed by atoms with Gasteiger partial charge in [0.15, 0.2) is 5.78 Å². The molecule has 0 radical (unpaired) electrons. The number of allylic oxidation sites excluding steroid dienone is 1. The Hall–Kier alpha value is -1.27. The molecule has 19 heavy (non-hydrogen) atoms. The minimum Gasteiger partial charge on any atom is -0.477 e. The van der Waals surface area contributed by atoms with E-state index in [9.17, 15) is 14.7 Å². The molecule has 6 heteroatoms. The number of nitrogens with zero attached hydrogens (tertiary/aromatic N) is 1. The first-order valence-electron chi connectivity index (χ1n) is 5.80. The van der Waals surface area contributed by atoms with Crippen molar-refractivity contribution in [3.05, 3.63) is 27.8 Å². The Morgan fingerprint density at radius 3 is 2.63 bits per heavy atom. The van der Waals surface area contributed by atoms with E-state index in [2.05, 4.69) is 0 Å². The number of rotatable bonds is 3. The number of carboxylic acids is 1. The molecule has 1 aromatic rings. The zero-order chi connectivity index (χ0) is 14.2. The first kappa shape index (κ1) is 14.1. The summed E-state index contributed by atoms with van der Waals surface area (Å²) in [6.45, 7) is 0. The Balaban J connectivity index is 2.55. The normalized spacial score (nSPS) is 16.6. The van der Waals surface area contributed by atoms with Gasteiger partial charge in [-0.25, -0.2) is 4.79 Å². The van der Waals surface area contributed by atoms with Gasteiger partial charge < -0.3 is 10.0 Å². The number of hydrogen-bond donors (Lipinski definition) is 1. The van der Waals surface area contributed by atoms with E-state index in [1.807, 2.05) is 31.5 Å². The largest absolute Gasteiger partial charge is 0.477 e. The Morgan fingerprint density at radius 2 is 2.11 bits per heavy atom. The fourth-order valence-corrected chi connectivity index (χ4v) is 4.12. The van der Waals surface area contributed by atoms with E-state index in [1.165, 1.54) is 23.1 Å². The van der Waals surface area contributed by atoms with Gasteiger partial charge in [0.25, 0.3) is 0 Å². The lowest BCUT2D eigenvalue weighted by molar-refractivity contribution is 0.0701. The Bertz CT molecular complexity index is 573. The van der Waals surface area contributed by atoms with Gasteiger partial charge in [-0.15, -0.1) is 23.1 Å². The summed E-state index contributed by atoms with van der Waals surface area (Å²) in [5.41, 5.74) is 2.07. The molecule has 0 bridgehead atoms. The smallest absolute Gasteiger partial charge is 0.346 e. The number of aromatic carboxylic acids is 1. The van der Waals surface area contributed by atoms with Gasteiger partial charge in [-0.1, -0.05) is 0 Å². The molecule has 0 aliphatic heterocycles. The monoisotopic (exact) mass is 297 g/mol. The SMILES string of the molecule is CSc1sc(C(=O)O)c2c1C(=O)C(=CN(C)C)CC2. The van der Waals surface area contributed by atoms with Gasteiger partial charge in [0.2, 0.25) is 0 Å². The number of carbonyl (C=O) groups is 2. The molecule has 1 heterocycles. The second-order valence-electron chi connectivity index (χ2n) is 4.53. The maximum Gasteiger partial charge on any atom is 0.346 e. The third-order valence-corrected chi connectivity index (χ3v) is 5.27. The summed E-state index contributed by atoms with van der Waals surface area (Å²) in [6, 6.07) is 0. The second kappa shape index (κ2) is 5.38. The third kappa shape index (κ3) is 2.55. The molecule has 1 aliphatic carbocycles. The molecule has 0 fully saturated rings. The minimum absolute atomic E-state index is 0.0250. The lowest BCUT2D eigenvalue weighted by Gasteiger charge is -2.17. The summed E-state index contributed by atoms with van der Waals surface area (Å²) in [6.07, 6.45) is 4.93. The van der Waals surface area contributed by atoms with Crippen molar-refractivity contribution < 1.29 is 14.7 Å². The van der Waals surface area contributed by atoms with Crippen LogP contribution in [0.25, 0.3) is 0 Å². The minimum atomic E-state index is -0.936. The van der Waals surface area contributed by atoms with Crippen molar-refractivity contribution in [1.29, 1.82) is 0 Å². The van der Waals surface area contributed by atoms with Crippen LogP contribution in [0.15, 0.2) is 16.0 Å². The van der Waals surface area contributed by atoms with Crippen molar-refractivity contribution in [2.45, 2.75) is 17.1 Å². The van der Waals surface area contributed by atoms with Gasteiger partial charge >= 0.3 is 5.97 Å². The maximum atomic E-state index is 12.5. The van der Waals surface area contributed by atoms with Crippen LogP contribution in [0.5, 0.6) is 0 Å². The number of thiophene rings is 1. The summed E-state index contributed by atoms with van der Waals surface area (Å²) < 4.78 is 0.807. The van der Waals surface area contributed by atoms with E-state index in [0.717, 1.165) is 9.78 Å². The van der Waals surface area contributed by atoms with Crippen molar-refractivity contribution in [3.8, 4) is 0 Å². The number of thioether (sulfide) groups is 1. The van der Waals surface area contributed by atoms with Crippen LogP contribution in [-0.4, -0.2) is 42.1 Å². The second-order valence-corrected chi connectivity index (χ2v) is 6.62. The van der Waals surface area contributed by atoms with Gasteiger partial charge in [-0.3, -0.25) is 4.79 Å². The van der Waals surface area contributed by atoms with Crippen LogP contribution >= 0.6 is 23.1 Å². The zero-order valence-corrected chi connectivity index (χ0v) is 12.7. The predicted octanol–water partition coefficient (Wildman–Crippen LogP) is 2.74. The highest BCUT2D eigenvalue weighted by Gasteiger charge is 2.31. The highest BCUT2D eigenvalue weighted by atomic mass is 32.2. The van der Waals surface area contributed by atoms with Crippen molar-refractivity contribution >= 4 is 34.9 Å². The number of carboxylic acid groups (broad SMARTS) is 1. The van der Waals surface area contributed by atoms with Crippen LogP contribution < -0.4 is 0 Å². The van der Waals surface area contributed by atoms with Crippen LogP contribution in [0, 0.1) is 0 Å². The molecule has 0 aromatic carbocycles. The maximum absolute atomic E-state index is 12.5. The van der Waals surface area contributed by atoms with E-state index in [0.29, 0.717) is 28.8 Å². The quantitative estimate of drug-likeness (QED) is 0.686. The van der Waals surface area contributed by atoms with E-state index in [4.69, 9.17) is 0 Å². The molecule has 1 aliphatic rings. The van der Waals surface area contributed by atoms with Gasteiger partial charge in [0.05, 0.1) is 9.77 Å². The standard InChI is InChI=1S/C13H15NO3S2/c1-14(2)6-7-4-5-8-9(10(7)15)13(18-3)19-11(8)12(16)17/h6H,4-5H2,1-3H3,(H,16,17). The number of ketones is 1. The van der Waals surface area contributed by atoms with Crippen molar-refractivity contribution in [2.75, 3.05) is 20.4 Å². The average molecular weight is 297 g/mol. The lowest BCUT2D eigenvalue weighted by Crippen LogP contribution is -2.17. The Kier molecular flexibility index (Phi) is 4.01. The van der Waals surface area contributed by atoms with Crippen LogP contribution in [0.3, 0.4) is 0 Å². The van der Waals surface area contributed by atoms with Crippen LogP contribution in [0.1, 0.15) is 32.0 Å². The number of Topliss-reactive ketones (excluding diaryl/α,β-unsaturated/α-hetero) is 1. The lowest BCUT2D eigenvalue weighted by atomic mass is 9.89. The van der Waals surface area contributed by atoms with E-state index in [1.54, 1.807) is 0 Å². The van der Waals surface area contributed by atoms with Crippen LogP contribution in [0.4, 0.5) is 0 Å². The van der Waals surface area contributed by atoms with Gasteiger partial charge in [-0.05, 0) is 24.7 Å². The molecule has 0 saturated heterocycles. The van der Waals surface area contributed by atoms with Crippen molar-refractivity contribution in [1.82, 2.24) is 4.90 Å². The fourth-order valence-electron chi connectivity index (χ4n) is 2.20. The molecule has 0 atom stereocenters. The highest BCUT2D eigenvalue weighted by molar-refractivity contribution is 8.00. The van der Waals surface area contributed by atoms with Crippen LogP contribution in [-0.2, 0) is 6.42 Å². The first-order chi connectivity index (χ1) is 8.95. The topological polar surface area (TPSA) is 57.6 Å². The average Bonchev–Trinajstić information content (AvgIpc) is 2.71. The first-order valence-corrected chi connectivity index (χ1v) is 7.84. The summed E-state index contributed by atoms with van der Waals surface area (Å²) in [5, 5.41) is 9.21. The highest BCUT2D eigenvalue weighted by Crippen LogP contribution is 2.40. The fraction of sp³-hybridized carbons (Fsp3) is 0.385. The Morgan fingerprint density at radius 1 is 1.42 bits per heavy atom. The molecule has 0 spiro atoms. The number of carbonyl (C=O) groups excluding carboxylic acids is 1. The molecule has 1 aromatic heterocycles. The summed E-state index contributed by atoms with van der Waals surface area (Å²) in [4.78, 5) is 25.9.